The zero-order valence-electron chi connectivity index (χ0n) is 28.6. The molecular weight excluding hydrogens is 738 g/mol. The van der Waals surface area contributed by atoms with Crippen LogP contribution in [0.1, 0.15) is 92.6 Å². The number of hydrogen-bond acceptors (Lipinski definition) is 5. The van der Waals surface area contributed by atoms with Gasteiger partial charge in [0.15, 0.2) is 8.32 Å². The van der Waals surface area contributed by atoms with Gasteiger partial charge in [-0.3, -0.25) is 0 Å². The molecule has 1 heterocycles. The van der Waals surface area contributed by atoms with E-state index in [0.717, 1.165) is 28.4 Å². The average Bonchev–Trinajstić information content (AvgIpc) is 3.43. The van der Waals surface area contributed by atoms with Crippen molar-refractivity contribution >= 4 is 49.7 Å². The first-order valence-corrected chi connectivity index (χ1v) is 26.4. The van der Waals surface area contributed by atoms with Crippen LogP contribution in [-0.4, -0.2) is 44.5 Å². The number of halogens is 3. The zero-order chi connectivity index (χ0) is 32.7. The maximum absolute atomic E-state index is 13.1. The molecule has 252 valence electrons. The molecule has 45 heavy (non-hydrogen) atoms. The van der Waals surface area contributed by atoms with Gasteiger partial charge < -0.3 is 4.43 Å². The first-order valence-electron chi connectivity index (χ1n) is 16.9. The number of fused-ring (bicyclic) bond motifs is 8. The summed E-state index contributed by atoms with van der Waals surface area (Å²) in [6.07, 6.45) is 8.88. The third-order valence-electron chi connectivity index (χ3n) is 12.8. The SMILES string of the molecule is CC1(C)O[C@@H]2C3=C[C@H](OC(=O)Cc4cccc(I(Cl)Cl)c4)CC[C@]3(C)C3CC[C@@]4(C)C(CC[C@@H]4O[Si](C)(C)C(C)(C)C)C3[C@H]2O1. The second kappa shape index (κ2) is 12.0. The van der Waals surface area contributed by atoms with Gasteiger partial charge in [0.05, 0.1) is 6.10 Å². The summed E-state index contributed by atoms with van der Waals surface area (Å²) in [5.74, 6) is 0.605. The van der Waals surface area contributed by atoms with Gasteiger partial charge in [0, 0.05) is 0 Å². The topological polar surface area (TPSA) is 54.0 Å². The molecule has 0 N–H and O–H groups in total. The molecule has 1 saturated heterocycles. The fourth-order valence-electron chi connectivity index (χ4n) is 9.47. The first-order chi connectivity index (χ1) is 20.8. The molecule has 5 aliphatic rings. The Hall–Kier alpha value is -0.163. The number of ether oxygens (including phenoxy) is 3. The summed E-state index contributed by atoms with van der Waals surface area (Å²) >= 11 is -2.15. The van der Waals surface area contributed by atoms with Crippen molar-refractivity contribution in [3.8, 4) is 0 Å². The summed E-state index contributed by atoms with van der Waals surface area (Å²) < 4.78 is 27.9. The van der Waals surface area contributed by atoms with Crippen molar-refractivity contribution in [3.05, 3.63) is 45.0 Å². The van der Waals surface area contributed by atoms with E-state index in [2.05, 4.69) is 67.6 Å². The molecule has 0 spiro atoms. The van der Waals surface area contributed by atoms with Gasteiger partial charge in [-0.25, -0.2) is 0 Å². The summed E-state index contributed by atoms with van der Waals surface area (Å²) in [6, 6.07) is 7.74. The number of benzene rings is 1. The number of rotatable bonds is 6. The summed E-state index contributed by atoms with van der Waals surface area (Å²) in [7, 11) is 10.5. The van der Waals surface area contributed by atoms with E-state index >= 15 is 0 Å². The Morgan fingerprint density at radius 3 is 2.44 bits per heavy atom. The van der Waals surface area contributed by atoms with E-state index < -0.39 is 31.7 Å². The molecule has 9 atom stereocenters. The van der Waals surface area contributed by atoms with Crippen LogP contribution >= 0.6 is 35.4 Å². The van der Waals surface area contributed by atoms with E-state index in [0.29, 0.717) is 23.9 Å². The molecule has 1 aliphatic heterocycles. The van der Waals surface area contributed by atoms with Crippen LogP contribution in [0.3, 0.4) is 0 Å². The van der Waals surface area contributed by atoms with Gasteiger partial charge in [0.1, 0.15) is 0 Å². The van der Waals surface area contributed by atoms with Gasteiger partial charge >= 0.3 is 179 Å². The standard InChI is InChI=1S/C36H53Cl2IO5Si/c1-33(2,3)45(8,9)44-28-14-13-25-30-26(16-18-36(25,28)7)35(6)17-15-24(21-27(35)31-32(30)43-34(4,5)42-31)41-29(40)20-22-11-10-12-23(19-22)39(37)38/h10-12,19,21,24-26,28,30-32H,13-18,20H2,1-9H3/t24-,25?,26?,28+,30?,31-,32-,35-,36+/m1/s1. The molecule has 1 aromatic rings. The van der Waals surface area contributed by atoms with Gasteiger partial charge in [-0.15, -0.1) is 0 Å². The first kappa shape index (κ1) is 34.7. The zero-order valence-corrected chi connectivity index (χ0v) is 33.2. The molecule has 3 saturated carbocycles. The Bertz CT molecular complexity index is 1340. The number of hydrogen-bond donors (Lipinski definition) is 0. The summed E-state index contributed by atoms with van der Waals surface area (Å²) in [5, 5.41) is 0.194. The van der Waals surface area contributed by atoms with Crippen molar-refractivity contribution < 1.29 is 23.4 Å². The number of carbonyl (C=O) groups excluding carboxylic acids is 1. The Kier molecular flexibility index (Phi) is 9.26. The van der Waals surface area contributed by atoms with Gasteiger partial charge in [-0.1, -0.05) is 27.7 Å². The van der Waals surface area contributed by atoms with E-state index in [9.17, 15) is 4.79 Å². The molecule has 0 amide bonds. The van der Waals surface area contributed by atoms with E-state index in [1.165, 1.54) is 24.8 Å². The van der Waals surface area contributed by atoms with Crippen LogP contribution in [0.25, 0.3) is 0 Å². The van der Waals surface area contributed by atoms with Crippen molar-refractivity contribution in [2.45, 2.75) is 142 Å². The van der Waals surface area contributed by atoms with Crippen LogP contribution < -0.4 is 0 Å². The molecule has 9 heteroatoms. The Morgan fingerprint density at radius 2 is 1.76 bits per heavy atom. The van der Waals surface area contributed by atoms with Gasteiger partial charge in [-0.2, -0.15) is 0 Å². The van der Waals surface area contributed by atoms with Crippen molar-refractivity contribution in [2.75, 3.05) is 0 Å². The maximum atomic E-state index is 13.1. The van der Waals surface area contributed by atoms with Crippen LogP contribution in [0.5, 0.6) is 0 Å². The molecule has 5 nitrogen and oxygen atoms in total. The second-order valence-electron chi connectivity index (χ2n) is 16.9. The minimum atomic E-state index is -2.15. The molecule has 0 radical (unpaired) electrons. The van der Waals surface area contributed by atoms with E-state index in [1.807, 2.05) is 24.3 Å². The van der Waals surface area contributed by atoms with Crippen LogP contribution in [0.2, 0.25) is 18.1 Å². The van der Waals surface area contributed by atoms with Crippen molar-refractivity contribution in [2.24, 2.45) is 28.6 Å². The molecule has 0 aromatic heterocycles. The van der Waals surface area contributed by atoms with Crippen LogP contribution in [-0.2, 0) is 29.9 Å². The molecular formula is C36H53Cl2IO5Si. The Labute approximate surface area is 286 Å². The summed E-state index contributed by atoms with van der Waals surface area (Å²) in [5.41, 5.74) is 2.32. The van der Waals surface area contributed by atoms with Crippen LogP contribution in [0.15, 0.2) is 35.9 Å². The molecule has 6 rings (SSSR count). The average molecular weight is 792 g/mol. The minimum absolute atomic E-state index is 0.00140. The predicted octanol–water partition coefficient (Wildman–Crippen LogP) is 10.2. The molecule has 4 fully saturated rings. The molecule has 1 aromatic carbocycles. The Balaban J connectivity index is 1.25. The number of esters is 1. The van der Waals surface area contributed by atoms with E-state index in [-0.39, 0.29) is 46.6 Å². The van der Waals surface area contributed by atoms with Crippen LogP contribution in [0, 0.1) is 32.2 Å². The molecule has 0 bridgehead atoms. The second-order valence-corrected chi connectivity index (χ2v) is 28.8. The number of carbonyl (C=O) groups is 1. The van der Waals surface area contributed by atoms with E-state index in [4.69, 9.17) is 36.5 Å². The summed E-state index contributed by atoms with van der Waals surface area (Å²) in [4.78, 5) is 13.1. The van der Waals surface area contributed by atoms with Gasteiger partial charge in [-0.05, 0) is 62.6 Å². The van der Waals surface area contributed by atoms with Gasteiger partial charge in [0.2, 0.25) is 0 Å². The normalized spacial score (nSPS) is 39.2. The fourth-order valence-corrected chi connectivity index (χ4v) is 13.2. The fraction of sp³-hybridized carbons (Fsp3) is 0.750. The Morgan fingerprint density at radius 1 is 1.02 bits per heavy atom. The monoisotopic (exact) mass is 790 g/mol. The van der Waals surface area contributed by atoms with Crippen LogP contribution in [0.4, 0.5) is 0 Å². The van der Waals surface area contributed by atoms with Crippen molar-refractivity contribution in [1.29, 1.82) is 0 Å². The quantitative estimate of drug-likeness (QED) is 0.124. The summed E-state index contributed by atoms with van der Waals surface area (Å²) in [6.45, 7) is 21.0. The predicted molar refractivity (Wildman–Crippen MR) is 193 cm³/mol. The van der Waals surface area contributed by atoms with Crippen molar-refractivity contribution in [3.63, 3.8) is 0 Å². The van der Waals surface area contributed by atoms with E-state index in [1.54, 1.807) is 0 Å². The third-order valence-corrected chi connectivity index (χ3v) is 21.1. The molecule has 3 unspecified atom stereocenters. The molecule has 4 aliphatic carbocycles. The van der Waals surface area contributed by atoms with Gasteiger partial charge in [0.25, 0.3) is 0 Å². The van der Waals surface area contributed by atoms with Crippen molar-refractivity contribution in [1.82, 2.24) is 0 Å². The third kappa shape index (κ3) is 6.25.